The molecule has 1 aromatic carbocycles. The second kappa shape index (κ2) is 11.0. The molecule has 2 N–H and O–H groups in total. The standard InChI is InChI=1S/C20H28N2O6/c1-6-26-15-10-8-14(12-16(15)27-7-2)9-11-18(24)28-13-17(23)21-19(25)22-20(3,4)5/h8-12H,6-7,13H2,1-5H3,(H2,21,22,23,25)/b11-9+. The summed E-state index contributed by atoms with van der Waals surface area (Å²) in [6.07, 6.45) is 2.72. The number of carbonyl (C=O) groups is 3. The second-order valence-electron chi connectivity index (χ2n) is 6.77. The lowest BCUT2D eigenvalue weighted by molar-refractivity contribution is -0.143. The van der Waals surface area contributed by atoms with Crippen molar-refractivity contribution >= 4 is 24.0 Å². The Bertz CT molecular complexity index is 722. The lowest BCUT2D eigenvalue weighted by atomic mass is 10.1. The smallest absolute Gasteiger partial charge is 0.331 e. The highest BCUT2D eigenvalue weighted by atomic mass is 16.5. The van der Waals surface area contributed by atoms with Crippen LogP contribution >= 0.6 is 0 Å². The van der Waals surface area contributed by atoms with Crippen LogP contribution in [0.15, 0.2) is 24.3 Å². The van der Waals surface area contributed by atoms with E-state index in [1.807, 2.05) is 13.8 Å². The van der Waals surface area contributed by atoms with Crippen LogP contribution in [0.25, 0.3) is 6.08 Å². The molecule has 0 saturated carbocycles. The number of rotatable bonds is 8. The fourth-order valence-corrected chi connectivity index (χ4v) is 2.05. The Balaban J connectivity index is 2.56. The van der Waals surface area contributed by atoms with E-state index < -0.39 is 30.1 Å². The number of imide groups is 1. The third kappa shape index (κ3) is 9.07. The van der Waals surface area contributed by atoms with E-state index in [0.29, 0.717) is 30.3 Å². The van der Waals surface area contributed by atoms with Crippen LogP contribution in [0, 0.1) is 0 Å². The van der Waals surface area contributed by atoms with Crippen molar-refractivity contribution in [2.24, 2.45) is 0 Å². The van der Waals surface area contributed by atoms with Crippen LogP contribution in [-0.4, -0.2) is 43.3 Å². The zero-order valence-corrected chi connectivity index (χ0v) is 17.0. The molecule has 3 amide bonds. The van der Waals surface area contributed by atoms with Gasteiger partial charge in [-0.2, -0.15) is 0 Å². The molecule has 1 rings (SSSR count). The molecule has 0 fully saturated rings. The van der Waals surface area contributed by atoms with Gasteiger partial charge in [0.15, 0.2) is 18.1 Å². The zero-order valence-electron chi connectivity index (χ0n) is 17.0. The third-order valence-electron chi connectivity index (χ3n) is 3.07. The van der Waals surface area contributed by atoms with Crippen LogP contribution in [-0.2, 0) is 14.3 Å². The fraction of sp³-hybridized carbons (Fsp3) is 0.450. The Labute approximate surface area is 165 Å². The first-order chi connectivity index (χ1) is 13.1. The van der Waals surface area contributed by atoms with Gasteiger partial charge >= 0.3 is 12.0 Å². The molecule has 0 atom stereocenters. The van der Waals surface area contributed by atoms with Crippen molar-refractivity contribution in [3.63, 3.8) is 0 Å². The molecule has 0 aliphatic carbocycles. The van der Waals surface area contributed by atoms with Gasteiger partial charge in [0.1, 0.15) is 0 Å². The molecule has 28 heavy (non-hydrogen) atoms. The van der Waals surface area contributed by atoms with Crippen molar-refractivity contribution in [1.82, 2.24) is 10.6 Å². The van der Waals surface area contributed by atoms with E-state index in [2.05, 4.69) is 10.6 Å². The molecular formula is C20H28N2O6. The van der Waals surface area contributed by atoms with Crippen molar-refractivity contribution in [2.45, 2.75) is 40.2 Å². The quantitative estimate of drug-likeness (QED) is 0.521. The monoisotopic (exact) mass is 392 g/mol. The summed E-state index contributed by atoms with van der Waals surface area (Å²) in [7, 11) is 0. The Morgan fingerprint density at radius 3 is 2.29 bits per heavy atom. The average molecular weight is 392 g/mol. The predicted octanol–water partition coefficient (Wildman–Crippen LogP) is 2.66. The molecule has 0 aliphatic rings. The van der Waals surface area contributed by atoms with Crippen molar-refractivity contribution in [3.05, 3.63) is 29.8 Å². The maximum atomic E-state index is 11.8. The number of urea groups is 1. The first-order valence-electron chi connectivity index (χ1n) is 9.01. The van der Waals surface area contributed by atoms with E-state index in [-0.39, 0.29) is 0 Å². The van der Waals surface area contributed by atoms with E-state index in [4.69, 9.17) is 14.2 Å². The first kappa shape index (κ1) is 23.0. The van der Waals surface area contributed by atoms with E-state index in [1.54, 1.807) is 39.0 Å². The molecular weight excluding hydrogens is 364 g/mol. The van der Waals surface area contributed by atoms with Crippen LogP contribution in [0.2, 0.25) is 0 Å². The van der Waals surface area contributed by atoms with Crippen LogP contribution in [0.1, 0.15) is 40.2 Å². The average Bonchev–Trinajstić information content (AvgIpc) is 2.58. The Kier molecular flexibility index (Phi) is 9.01. The van der Waals surface area contributed by atoms with Gasteiger partial charge in [-0.25, -0.2) is 9.59 Å². The Morgan fingerprint density at radius 1 is 1.04 bits per heavy atom. The molecule has 0 saturated heterocycles. The minimum atomic E-state index is -0.719. The third-order valence-corrected chi connectivity index (χ3v) is 3.07. The summed E-state index contributed by atoms with van der Waals surface area (Å²) >= 11 is 0. The molecule has 0 aliphatic heterocycles. The van der Waals surface area contributed by atoms with E-state index in [0.717, 1.165) is 0 Å². The van der Waals surface area contributed by atoms with E-state index in [9.17, 15) is 14.4 Å². The highest BCUT2D eigenvalue weighted by Gasteiger charge is 2.16. The number of hydrogen-bond acceptors (Lipinski definition) is 6. The summed E-state index contributed by atoms with van der Waals surface area (Å²) in [4.78, 5) is 35.0. The predicted molar refractivity (Wildman–Crippen MR) is 105 cm³/mol. The minimum absolute atomic E-state index is 0.479. The number of esters is 1. The molecule has 8 nitrogen and oxygen atoms in total. The molecule has 0 aromatic heterocycles. The van der Waals surface area contributed by atoms with Crippen LogP contribution in [0.3, 0.4) is 0 Å². The molecule has 1 aromatic rings. The highest BCUT2D eigenvalue weighted by molar-refractivity contribution is 5.96. The van der Waals surface area contributed by atoms with Crippen LogP contribution in [0.4, 0.5) is 4.79 Å². The van der Waals surface area contributed by atoms with Gasteiger partial charge < -0.3 is 19.5 Å². The van der Waals surface area contributed by atoms with Crippen molar-refractivity contribution in [1.29, 1.82) is 0 Å². The molecule has 0 bridgehead atoms. The van der Waals surface area contributed by atoms with Gasteiger partial charge in [0.05, 0.1) is 13.2 Å². The fourth-order valence-electron chi connectivity index (χ4n) is 2.05. The molecule has 8 heteroatoms. The molecule has 0 radical (unpaired) electrons. The lowest BCUT2D eigenvalue weighted by Gasteiger charge is -2.20. The summed E-state index contributed by atoms with van der Waals surface area (Å²) in [5.41, 5.74) is 0.222. The SMILES string of the molecule is CCOc1ccc(/C=C/C(=O)OCC(=O)NC(=O)NC(C)(C)C)cc1OCC. The maximum Gasteiger partial charge on any atom is 0.331 e. The normalized spacial score (nSPS) is 11.0. The van der Waals surface area contributed by atoms with Crippen LogP contribution in [0.5, 0.6) is 11.5 Å². The van der Waals surface area contributed by atoms with Crippen molar-refractivity contribution in [2.75, 3.05) is 19.8 Å². The van der Waals surface area contributed by atoms with Gasteiger partial charge in [0, 0.05) is 11.6 Å². The topological polar surface area (TPSA) is 103 Å². The van der Waals surface area contributed by atoms with Gasteiger partial charge in [-0.3, -0.25) is 10.1 Å². The number of amides is 3. The van der Waals surface area contributed by atoms with Crippen molar-refractivity contribution in [3.8, 4) is 11.5 Å². The lowest BCUT2D eigenvalue weighted by Crippen LogP contribution is -2.49. The van der Waals surface area contributed by atoms with Gasteiger partial charge in [-0.15, -0.1) is 0 Å². The number of ether oxygens (including phenoxy) is 3. The number of nitrogens with one attached hydrogen (secondary N) is 2. The summed E-state index contributed by atoms with van der Waals surface area (Å²) in [5.74, 6) is -0.236. The van der Waals surface area contributed by atoms with Crippen LogP contribution < -0.4 is 20.1 Å². The largest absolute Gasteiger partial charge is 0.490 e. The van der Waals surface area contributed by atoms with E-state index in [1.165, 1.54) is 12.2 Å². The molecule has 0 unspecified atom stereocenters. The molecule has 154 valence electrons. The summed E-state index contributed by atoms with van der Waals surface area (Å²) in [6.45, 7) is 9.50. The first-order valence-corrected chi connectivity index (χ1v) is 9.01. The van der Waals surface area contributed by atoms with Crippen molar-refractivity contribution < 1.29 is 28.6 Å². The molecule has 0 heterocycles. The number of benzene rings is 1. The van der Waals surface area contributed by atoms with Gasteiger partial charge in [-0.05, 0) is 58.4 Å². The minimum Gasteiger partial charge on any atom is -0.490 e. The summed E-state index contributed by atoms with van der Waals surface area (Å²) in [5, 5.41) is 4.65. The van der Waals surface area contributed by atoms with Gasteiger partial charge in [0.25, 0.3) is 5.91 Å². The summed E-state index contributed by atoms with van der Waals surface area (Å²) in [6, 6.07) is 4.60. The van der Waals surface area contributed by atoms with Gasteiger partial charge in [-0.1, -0.05) is 6.07 Å². The van der Waals surface area contributed by atoms with E-state index >= 15 is 0 Å². The van der Waals surface area contributed by atoms with Gasteiger partial charge in [0.2, 0.25) is 0 Å². The number of hydrogen-bond donors (Lipinski definition) is 2. The Morgan fingerprint density at radius 2 is 1.68 bits per heavy atom. The summed E-state index contributed by atoms with van der Waals surface area (Å²) < 4.78 is 15.8. The second-order valence-corrected chi connectivity index (χ2v) is 6.77. The Hall–Kier alpha value is -3.03. The molecule has 0 spiro atoms. The highest BCUT2D eigenvalue weighted by Crippen LogP contribution is 2.28. The zero-order chi connectivity index (χ0) is 21.2. The number of carbonyl (C=O) groups excluding carboxylic acids is 3. The maximum absolute atomic E-state index is 11.8.